The van der Waals surface area contributed by atoms with Crippen LogP contribution in [0.5, 0.6) is 0 Å². The first kappa shape index (κ1) is 26.8. The predicted octanol–water partition coefficient (Wildman–Crippen LogP) is 4.77. The van der Waals surface area contributed by atoms with E-state index in [-0.39, 0.29) is 23.2 Å². The second kappa shape index (κ2) is 10.7. The van der Waals surface area contributed by atoms with Crippen molar-refractivity contribution in [2.75, 3.05) is 34.8 Å². The first-order valence-electron chi connectivity index (χ1n) is 13.3. The summed E-state index contributed by atoms with van der Waals surface area (Å²) in [6.07, 6.45) is 1.80. The van der Waals surface area contributed by atoms with Crippen molar-refractivity contribution in [1.82, 2.24) is 9.38 Å². The van der Waals surface area contributed by atoms with Gasteiger partial charge in [-0.3, -0.25) is 9.20 Å². The highest BCUT2D eigenvalue weighted by Gasteiger charge is 2.27. The van der Waals surface area contributed by atoms with Gasteiger partial charge >= 0.3 is 5.97 Å². The number of nitrogens with one attached hydrogen (secondary N) is 1. The summed E-state index contributed by atoms with van der Waals surface area (Å²) >= 11 is 0. The highest BCUT2D eigenvalue weighted by atomic mass is 16.4. The Bertz CT molecular complexity index is 1690. The van der Waals surface area contributed by atoms with Crippen LogP contribution in [0.15, 0.2) is 65.6 Å². The van der Waals surface area contributed by atoms with Gasteiger partial charge in [-0.2, -0.15) is 5.26 Å². The Hall–Kier alpha value is -4.84. The van der Waals surface area contributed by atoms with E-state index in [9.17, 15) is 14.7 Å². The molecule has 1 aliphatic heterocycles. The normalized spacial score (nSPS) is 16.0. The van der Waals surface area contributed by atoms with Crippen LogP contribution in [0.1, 0.15) is 52.5 Å². The summed E-state index contributed by atoms with van der Waals surface area (Å²) in [5.74, 6) is -0.342. The van der Waals surface area contributed by atoms with E-state index in [0.29, 0.717) is 41.4 Å². The van der Waals surface area contributed by atoms with Gasteiger partial charge in [-0.15, -0.1) is 0 Å². The average molecular weight is 537 g/mol. The molecule has 0 saturated carbocycles. The Morgan fingerprint density at radius 1 is 1.15 bits per heavy atom. The summed E-state index contributed by atoms with van der Waals surface area (Å²) in [6.45, 7) is 9.96. The van der Waals surface area contributed by atoms with Gasteiger partial charge in [0.1, 0.15) is 11.5 Å². The molecule has 3 heterocycles. The second-order valence-corrected chi connectivity index (χ2v) is 10.4. The molecule has 204 valence electrons. The van der Waals surface area contributed by atoms with Gasteiger partial charge in [0.05, 0.1) is 28.8 Å². The number of aromatic nitrogens is 2. The van der Waals surface area contributed by atoms with Crippen molar-refractivity contribution < 1.29 is 9.90 Å². The van der Waals surface area contributed by atoms with Gasteiger partial charge < -0.3 is 20.2 Å². The molecule has 1 saturated heterocycles. The van der Waals surface area contributed by atoms with Crippen molar-refractivity contribution in [2.45, 2.75) is 39.8 Å². The fourth-order valence-corrected chi connectivity index (χ4v) is 5.48. The molecule has 0 aliphatic carbocycles. The van der Waals surface area contributed by atoms with Gasteiger partial charge in [0.15, 0.2) is 0 Å². The maximum atomic E-state index is 13.6. The van der Waals surface area contributed by atoms with Crippen molar-refractivity contribution in [3.8, 4) is 6.07 Å². The standard InChI is InChI=1S/C31H32N6O3/c1-19-15-26(22(4)33-27-8-6-5-7-25(27)31(39)40)29-34-28(21(3)30(38)37(29)17-19)35-13-14-36(20(2)18-35)24-11-9-23(16-32)10-12-24/h5-12,15,17,20,22,33H,13-14,18H2,1-4H3,(H,39,40). The number of benzene rings is 2. The van der Waals surface area contributed by atoms with Crippen molar-refractivity contribution in [1.29, 1.82) is 5.26 Å². The molecule has 2 unspecified atom stereocenters. The molecule has 1 aliphatic rings. The minimum Gasteiger partial charge on any atom is -0.478 e. The van der Waals surface area contributed by atoms with Crippen LogP contribution >= 0.6 is 0 Å². The van der Waals surface area contributed by atoms with E-state index >= 15 is 0 Å². The number of pyridine rings is 1. The molecule has 4 aromatic rings. The van der Waals surface area contributed by atoms with Crippen LogP contribution < -0.4 is 20.7 Å². The summed E-state index contributed by atoms with van der Waals surface area (Å²) in [5, 5.41) is 22.1. The third-order valence-corrected chi connectivity index (χ3v) is 7.54. The lowest BCUT2D eigenvalue weighted by Crippen LogP contribution is -2.53. The number of aromatic carboxylic acids is 1. The fraction of sp³-hybridized carbons (Fsp3) is 0.290. The smallest absolute Gasteiger partial charge is 0.337 e. The van der Waals surface area contributed by atoms with Gasteiger partial charge in [0.25, 0.3) is 5.56 Å². The number of hydrogen-bond donors (Lipinski definition) is 2. The first-order chi connectivity index (χ1) is 19.2. The molecule has 5 rings (SSSR count). The van der Waals surface area contributed by atoms with Crippen molar-refractivity contribution >= 4 is 28.8 Å². The number of carbonyl (C=O) groups is 1. The number of carboxylic acids is 1. The number of para-hydroxylation sites is 1. The van der Waals surface area contributed by atoms with E-state index < -0.39 is 5.97 Å². The summed E-state index contributed by atoms with van der Waals surface area (Å²) in [5.41, 5.74) is 5.11. The average Bonchev–Trinajstić information content (AvgIpc) is 2.95. The number of anilines is 3. The van der Waals surface area contributed by atoms with E-state index in [0.717, 1.165) is 23.4 Å². The van der Waals surface area contributed by atoms with Crippen molar-refractivity contribution in [3.63, 3.8) is 0 Å². The number of carboxylic acid groups (broad SMARTS) is 1. The molecule has 2 aromatic carbocycles. The molecule has 1 fully saturated rings. The molecular formula is C31H32N6O3. The number of hydrogen-bond acceptors (Lipinski definition) is 7. The van der Waals surface area contributed by atoms with Crippen molar-refractivity contribution in [3.05, 3.63) is 99.0 Å². The molecule has 0 bridgehead atoms. The summed E-state index contributed by atoms with van der Waals surface area (Å²) < 4.78 is 1.60. The molecule has 9 nitrogen and oxygen atoms in total. The van der Waals surface area contributed by atoms with E-state index in [1.165, 1.54) is 0 Å². The summed E-state index contributed by atoms with van der Waals surface area (Å²) in [6, 6.07) is 18.4. The Balaban J connectivity index is 1.49. The molecule has 2 N–H and O–H groups in total. The Morgan fingerprint density at radius 3 is 2.55 bits per heavy atom. The highest BCUT2D eigenvalue weighted by molar-refractivity contribution is 5.94. The van der Waals surface area contributed by atoms with Gasteiger partial charge in [-0.1, -0.05) is 12.1 Å². The number of rotatable bonds is 6. The van der Waals surface area contributed by atoms with Crippen LogP contribution in [0, 0.1) is 25.2 Å². The Labute approximate surface area is 232 Å². The van der Waals surface area contributed by atoms with Crippen LogP contribution in [0.3, 0.4) is 0 Å². The summed E-state index contributed by atoms with van der Waals surface area (Å²) in [4.78, 5) is 34.9. The predicted molar refractivity (Wildman–Crippen MR) is 157 cm³/mol. The van der Waals surface area contributed by atoms with Gasteiger partial charge in [0, 0.05) is 48.8 Å². The quantitative estimate of drug-likeness (QED) is 0.362. The van der Waals surface area contributed by atoms with Crippen molar-refractivity contribution in [2.24, 2.45) is 0 Å². The SMILES string of the molecule is Cc1cc(C(C)Nc2ccccc2C(=O)O)c2nc(N3CCN(c4ccc(C#N)cc4)C(C)C3)c(C)c(=O)n2c1. The zero-order valence-corrected chi connectivity index (χ0v) is 23.0. The topological polar surface area (TPSA) is 114 Å². The van der Waals surface area contributed by atoms with Crippen LogP contribution in [0.4, 0.5) is 17.2 Å². The number of aryl methyl sites for hydroxylation is 1. The molecule has 0 spiro atoms. The monoisotopic (exact) mass is 536 g/mol. The number of piperazine rings is 1. The molecule has 2 aromatic heterocycles. The highest BCUT2D eigenvalue weighted by Crippen LogP contribution is 2.29. The third-order valence-electron chi connectivity index (χ3n) is 7.54. The first-order valence-corrected chi connectivity index (χ1v) is 13.3. The van der Waals surface area contributed by atoms with Crippen LogP contribution in [-0.2, 0) is 0 Å². The van der Waals surface area contributed by atoms with E-state index in [1.807, 2.05) is 51.1 Å². The van der Waals surface area contributed by atoms with Gasteiger partial charge in [-0.05, 0) is 75.7 Å². The molecule has 40 heavy (non-hydrogen) atoms. The molecule has 9 heteroatoms. The molecular weight excluding hydrogens is 504 g/mol. The Morgan fingerprint density at radius 2 is 1.88 bits per heavy atom. The number of nitrogens with zero attached hydrogens (tertiary/aromatic N) is 5. The molecule has 0 amide bonds. The minimum atomic E-state index is -1.01. The number of fused-ring (bicyclic) bond motifs is 1. The third kappa shape index (κ3) is 4.96. The molecule has 0 radical (unpaired) electrons. The molecule has 2 atom stereocenters. The number of nitriles is 1. The Kier molecular flexibility index (Phi) is 7.18. The summed E-state index contributed by atoms with van der Waals surface area (Å²) in [7, 11) is 0. The van der Waals surface area contributed by atoms with Gasteiger partial charge in [0.2, 0.25) is 0 Å². The van der Waals surface area contributed by atoms with E-state index in [4.69, 9.17) is 10.2 Å². The largest absolute Gasteiger partial charge is 0.478 e. The zero-order valence-electron chi connectivity index (χ0n) is 23.0. The maximum absolute atomic E-state index is 13.6. The lowest BCUT2D eigenvalue weighted by Gasteiger charge is -2.42. The second-order valence-electron chi connectivity index (χ2n) is 10.4. The van der Waals surface area contributed by atoms with Gasteiger partial charge in [-0.25, -0.2) is 9.78 Å². The minimum absolute atomic E-state index is 0.120. The van der Waals surface area contributed by atoms with E-state index in [1.54, 1.807) is 34.9 Å². The van der Waals surface area contributed by atoms with Crippen LogP contribution in [0.2, 0.25) is 0 Å². The fourth-order valence-electron chi connectivity index (χ4n) is 5.48. The lowest BCUT2D eigenvalue weighted by molar-refractivity contribution is 0.0698. The lowest BCUT2D eigenvalue weighted by atomic mass is 10.1. The van der Waals surface area contributed by atoms with Crippen LogP contribution in [-0.4, -0.2) is 46.1 Å². The maximum Gasteiger partial charge on any atom is 0.337 e. The van der Waals surface area contributed by atoms with E-state index in [2.05, 4.69) is 28.1 Å². The van der Waals surface area contributed by atoms with Crippen LogP contribution in [0.25, 0.3) is 5.65 Å². The zero-order chi connectivity index (χ0) is 28.6.